The summed E-state index contributed by atoms with van der Waals surface area (Å²) in [5.41, 5.74) is 17.0. The van der Waals surface area contributed by atoms with Gasteiger partial charge in [-0.25, -0.2) is 9.97 Å². The van der Waals surface area contributed by atoms with E-state index in [0.717, 1.165) is 44.8 Å². The molecular formula is C58H39N3. The second-order valence-corrected chi connectivity index (χ2v) is 16.8. The SMILES string of the molecule is CC1(C)c2ccccc2-c2ccc(-c3ccc(-c4cc(-c5ccccc5-c5cccnc5)nc(-c5ccc(-c6ccc7ccc8cccc9ccc6c7c89)cc5)n4)cc3)cc21. The number of fused-ring (bicyclic) bond motifs is 3. The second-order valence-electron chi connectivity index (χ2n) is 16.8. The fourth-order valence-electron chi connectivity index (χ4n) is 9.85. The van der Waals surface area contributed by atoms with Crippen LogP contribution in [-0.2, 0) is 5.41 Å². The molecule has 2 aromatic heterocycles. The van der Waals surface area contributed by atoms with Gasteiger partial charge in [0.05, 0.1) is 11.4 Å². The highest BCUT2D eigenvalue weighted by Gasteiger charge is 2.35. The van der Waals surface area contributed by atoms with Crippen molar-refractivity contribution in [1.82, 2.24) is 15.0 Å². The van der Waals surface area contributed by atoms with Crippen molar-refractivity contribution in [3.8, 4) is 78.4 Å². The molecule has 11 aromatic rings. The molecule has 0 amide bonds. The lowest BCUT2D eigenvalue weighted by Gasteiger charge is -2.22. The van der Waals surface area contributed by atoms with Crippen LogP contribution in [0.15, 0.2) is 200 Å². The molecule has 0 unspecified atom stereocenters. The Morgan fingerprint density at radius 3 is 1.75 bits per heavy atom. The molecule has 1 aliphatic carbocycles. The maximum Gasteiger partial charge on any atom is 0.160 e. The molecule has 0 atom stereocenters. The lowest BCUT2D eigenvalue weighted by molar-refractivity contribution is 0.660. The van der Waals surface area contributed by atoms with Gasteiger partial charge in [0.25, 0.3) is 0 Å². The molecule has 0 bridgehead atoms. The molecule has 0 saturated carbocycles. The second kappa shape index (κ2) is 13.7. The summed E-state index contributed by atoms with van der Waals surface area (Å²) in [5.74, 6) is 0.680. The van der Waals surface area contributed by atoms with Gasteiger partial charge in [-0.1, -0.05) is 184 Å². The summed E-state index contributed by atoms with van der Waals surface area (Å²) in [6, 6.07) is 68.1. The summed E-state index contributed by atoms with van der Waals surface area (Å²) in [6.45, 7) is 4.67. The van der Waals surface area contributed by atoms with Crippen LogP contribution in [0, 0.1) is 0 Å². The Hall–Kier alpha value is -7.75. The molecule has 0 N–H and O–H groups in total. The van der Waals surface area contributed by atoms with Gasteiger partial charge in [-0.2, -0.15) is 0 Å². The number of aromatic nitrogens is 3. The van der Waals surface area contributed by atoms with Crippen molar-refractivity contribution in [2.24, 2.45) is 0 Å². The van der Waals surface area contributed by atoms with E-state index in [1.54, 1.807) is 0 Å². The van der Waals surface area contributed by atoms with E-state index < -0.39 is 0 Å². The van der Waals surface area contributed by atoms with Crippen molar-refractivity contribution in [3.63, 3.8) is 0 Å². The molecule has 0 spiro atoms. The smallest absolute Gasteiger partial charge is 0.160 e. The average Bonchev–Trinajstić information content (AvgIpc) is 3.56. The minimum absolute atomic E-state index is 0.0537. The number of nitrogens with zero attached hydrogens (tertiary/aromatic N) is 3. The van der Waals surface area contributed by atoms with Gasteiger partial charge in [0.2, 0.25) is 0 Å². The van der Waals surface area contributed by atoms with Crippen LogP contribution < -0.4 is 0 Å². The molecule has 286 valence electrons. The fourth-order valence-corrected chi connectivity index (χ4v) is 9.85. The van der Waals surface area contributed by atoms with Crippen LogP contribution >= 0.6 is 0 Å². The predicted molar refractivity (Wildman–Crippen MR) is 254 cm³/mol. The van der Waals surface area contributed by atoms with E-state index in [0.29, 0.717) is 5.82 Å². The maximum absolute atomic E-state index is 5.29. The topological polar surface area (TPSA) is 38.7 Å². The zero-order valence-electron chi connectivity index (χ0n) is 33.9. The first-order chi connectivity index (χ1) is 30.0. The molecule has 0 saturated heterocycles. The zero-order chi connectivity index (χ0) is 40.7. The highest BCUT2D eigenvalue weighted by molar-refractivity contribution is 6.25. The van der Waals surface area contributed by atoms with Crippen LogP contribution in [0.4, 0.5) is 0 Å². The van der Waals surface area contributed by atoms with Gasteiger partial charge in [0.15, 0.2) is 5.82 Å². The Morgan fingerprint density at radius 1 is 0.361 bits per heavy atom. The number of pyridine rings is 1. The molecule has 2 heterocycles. The van der Waals surface area contributed by atoms with Gasteiger partial charge in [0, 0.05) is 40.1 Å². The molecule has 1 aliphatic rings. The minimum Gasteiger partial charge on any atom is -0.264 e. The van der Waals surface area contributed by atoms with Crippen molar-refractivity contribution in [3.05, 3.63) is 212 Å². The summed E-state index contributed by atoms with van der Waals surface area (Å²) >= 11 is 0. The molecule has 3 nitrogen and oxygen atoms in total. The summed E-state index contributed by atoms with van der Waals surface area (Å²) in [7, 11) is 0. The highest BCUT2D eigenvalue weighted by atomic mass is 14.9. The van der Waals surface area contributed by atoms with Crippen molar-refractivity contribution in [1.29, 1.82) is 0 Å². The molecule has 0 radical (unpaired) electrons. The summed E-state index contributed by atoms with van der Waals surface area (Å²) in [4.78, 5) is 15.0. The molecular weight excluding hydrogens is 739 g/mol. The van der Waals surface area contributed by atoms with Crippen molar-refractivity contribution in [2.45, 2.75) is 19.3 Å². The van der Waals surface area contributed by atoms with Crippen molar-refractivity contribution in [2.75, 3.05) is 0 Å². The van der Waals surface area contributed by atoms with E-state index in [4.69, 9.17) is 9.97 Å². The van der Waals surface area contributed by atoms with E-state index in [1.807, 2.05) is 18.5 Å². The Morgan fingerprint density at radius 2 is 0.967 bits per heavy atom. The first-order valence-electron chi connectivity index (χ1n) is 21.0. The van der Waals surface area contributed by atoms with E-state index >= 15 is 0 Å². The van der Waals surface area contributed by atoms with Crippen molar-refractivity contribution < 1.29 is 0 Å². The number of hydrogen-bond donors (Lipinski definition) is 0. The molecule has 9 aromatic carbocycles. The molecule has 0 aliphatic heterocycles. The molecule has 0 fully saturated rings. The van der Waals surface area contributed by atoms with Crippen LogP contribution in [0.1, 0.15) is 25.0 Å². The highest BCUT2D eigenvalue weighted by Crippen LogP contribution is 2.49. The van der Waals surface area contributed by atoms with E-state index in [9.17, 15) is 0 Å². The largest absolute Gasteiger partial charge is 0.264 e. The number of benzene rings is 9. The Labute approximate surface area is 355 Å². The van der Waals surface area contributed by atoms with Crippen LogP contribution in [0.25, 0.3) is 111 Å². The van der Waals surface area contributed by atoms with Gasteiger partial charge in [-0.15, -0.1) is 0 Å². The Kier molecular flexibility index (Phi) is 7.88. The van der Waals surface area contributed by atoms with Crippen LogP contribution in [0.5, 0.6) is 0 Å². The van der Waals surface area contributed by atoms with Crippen molar-refractivity contribution >= 4 is 32.3 Å². The summed E-state index contributed by atoms with van der Waals surface area (Å²) in [5, 5.41) is 7.72. The third-order valence-electron chi connectivity index (χ3n) is 13.0. The molecule has 3 heteroatoms. The molecule has 12 rings (SSSR count). The Bertz CT molecular complexity index is 3460. The van der Waals surface area contributed by atoms with Gasteiger partial charge < -0.3 is 0 Å². The van der Waals surface area contributed by atoms with E-state index in [-0.39, 0.29) is 5.41 Å². The average molecular weight is 778 g/mol. The third-order valence-corrected chi connectivity index (χ3v) is 13.0. The monoisotopic (exact) mass is 777 g/mol. The quantitative estimate of drug-likeness (QED) is 0.158. The van der Waals surface area contributed by atoms with Crippen LogP contribution in [0.3, 0.4) is 0 Å². The van der Waals surface area contributed by atoms with Gasteiger partial charge >= 0.3 is 0 Å². The lowest BCUT2D eigenvalue weighted by atomic mass is 9.81. The normalized spacial score (nSPS) is 12.9. The standard InChI is InChI=1S/C58H39N3/c1-58(2)51-15-6-5-13-47(51)48-30-28-43(33-52(48)58)36-16-20-38(21-17-36)53-34-54(49-14-4-3-12-45(49)44-11-8-32-59-35-44)61-57(60-53)42-24-18-37(19-25-42)46-29-26-41-23-22-39-9-7-10-40-27-31-50(46)56(41)55(39)40/h3-35H,1-2H3. The van der Waals surface area contributed by atoms with Crippen LogP contribution in [-0.4, -0.2) is 15.0 Å². The predicted octanol–water partition coefficient (Wildman–Crippen LogP) is 15.1. The summed E-state index contributed by atoms with van der Waals surface area (Å²) in [6.07, 6.45) is 3.72. The first kappa shape index (κ1) is 35.2. The van der Waals surface area contributed by atoms with E-state index in [1.165, 1.54) is 71.3 Å². The number of rotatable bonds is 6. The lowest BCUT2D eigenvalue weighted by Crippen LogP contribution is -2.14. The number of hydrogen-bond acceptors (Lipinski definition) is 3. The summed E-state index contributed by atoms with van der Waals surface area (Å²) < 4.78 is 0. The zero-order valence-corrected chi connectivity index (χ0v) is 33.9. The Balaban J connectivity index is 0.951. The van der Waals surface area contributed by atoms with E-state index in [2.05, 4.69) is 201 Å². The van der Waals surface area contributed by atoms with Gasteiger partial charge in [0.1, 0.15) is 0 Å². The minimum atomic E-state index is -0.0537. The van der Waals surface area contributed by atoms with Gasteiger partial charge in [-0.05, 0) is 101 Å². The fraction of sp³-hybridized carbons (Fsp3) is 0.0517. The third kappa shape index (κ3) is 5.69. The first-order valence-corrected chi connectivity index (χ1v) is 21.0. The van der Waals surface area contributed by atoms with Crippen LogP contribution in [0.2, 0.25) is 0 Å². The maximum atomic E-state index is 5.29. The van der Waals surface area contributed by atoms with Gasteiger partial charge in [-0.3, -0.25) is 4.98 Å². The molecule has 61 heavy (non-hydrogen) atoms.